The zero-order chi connectivity index (χ0) is 16.8. The number of rotatable bonds is 5. The first-order chi connectivity index (χ1) is 11.0. The van der Waals surface area contributed by atoms with Gasteiger partial charge < -0.3 is 10.1 Å². The van der Waals surface area contributed by atoms with E-state index in [1.54, 1.807) is 36.4 Å². The summed E-state index contributed by atoms with van der Waals surface area (Å²) < 4.78 is 5.65. The molecule has 0 heterocycles. The van der Waals surface area contributed by atoms with E-state index in [0.717, 1.165) is 5.56 Å². The maximum Gasteiger partial charge on any atom is 0.339 e. The van der Waals surface area contributed by atoms with Crippen molar-refractivity contribution >= 4 is 39.4 Å². The van der Waals surface area contributed by atoms with Gasteiger partial charge in [0.05, 0.1) is 11.6 Å². The Bertz CT molecular complexity index is 720. The zero-order valence-corrected chi connectivity index (χ0v) is 14.7. The first-order valence-electron chi connectivity index (χ1n) is 6.94. The van der Waals surface area contributed by atoms with Gasteiger partial charge >= 0.3 is 5.97 Å². The quantitative estimate of drug-likeness (QED) is 0.773. The molecule has 4 nitrogen and oxygen atoms in total. The van der Waals surface area contributed by atoms with Crippen LogP contribution in [0.25, 0.3) is 0 Å². The first kappa shape index (κ1) is 17.5. The molecule has 2 rings (SSSR count). The molecule has 0 aliphatic rings. The van der Waals surface area contributed by atoms with Crippen molar-refractivity contribution in [3.05, 3.63) is 69.2 Å². The Morgan fingerprint density at radius 3 is 2.65 bits per heavy atom. The Balaban J connectivity index is 1.88. The molecule has 0 aliphatic heterocycles. The number of ether oxygens (including phenoxy) is 1. The number of carbonyl (C=O) groups is 2. The van der Waals surface area contributed by atoms with Gasteiger partial charge in [0.15, 0.2) is 6.61 Å². The highest BCUT2D eigenvalue weighted by molar-refractivity contribution is 9.10. The summed E-state index contributed by atoms with van der Waals surface area (Å²) >= 11 is 9.19. The Kier molecular flexibility index (Phi) is 6.19. The summed E-state index contributed by atoms with van der Waals surface area (Å²) in [5.74, 6) is -0.930. The van der Waals surface area contributed by atoms with Crippen LogP contribution in [-0.4, -0.2) is 18.5 Å². The lowest BCUT2D eigenvalue weighted by molar-refractivity contribution is -0.124. The van der Waals surface area contributed by atoms with Crippen LogP contribution in [0.3, 0.4) is 0 Å². The molecule has 1 amide bonds. The van der Waals surface area contributed by atoms with Crippen molar-refractivity contribution in [3.63, 3.8) is 0 Å². The molecule has 1 atom stereocenters. The third-order valence-corrected chi connectivity index (χ3v) is 4.08. The average molecular weight is 397 g/mol. The Morgan fingerprint density at radius 2 is 1.96 bits per heavy atom. The van der Waals surface area contributed by atoms with E-state index in [1.807, 2.05) is 19.1 Å². The number of hydrogen-bond donors (Lipinski definition) is 1. The molecule has 0 aromatic heterocycles. The van der Waals surface area contributed by atoms with Gasteiger partial charge in [-0.05, 0) is 52.7 Å². The number of benzene rings is 2. The minimum atomic E-state index is -0.553. The van der Waals surface area contributed by atoms with Gasteiger partial charge in [-0.25, -0.2) is 4.79 Å². The highest BCUT2D eigenvalue weighted by Crippen LogP contribution is 2.18. The van der Waals surface area contributed by atoms with Crippen LogP contribution in [0.1, 0.15) is 28.9 Å². The second kappa shape index (κ2) is 8.13. The number of nitrogens with one attached hydrogen (secondary N) is 1. The fraction of sp³-hybridized carbons (Fsp3) is 0.176. The molecule has 2 aromatic carbocycles. The maximum atomic E-state index is 11.9. The van der Waals surface area contributed by atoms with E-state index < -0.39 is 5.97 Å². The number of halogens is 2. The second-order valence-corrected chi connectivity index (χ2v) is 6.19. The van der Waals surface area contributed by atoms with E-state index >= 15 is 0 Å². The van der Waals surface area contributed by atoms with E-state index in [2.05, 4.69) is 21.2 Å². The summed E-state index contributed by atoms with van der Waals surface area (Å²) in [5, 5.41) is 3.36. The van der Waals surface area contributed by atoms with E-state index in [-0.39, 0.29) is 18.6 Å². The molecule has 6 heteroatoms. The molecule has 120 valence electrons. The van der Waals surface area contributed by atoms with Crippen LogP contribution in [-0.2, 0) is 9.53 Å². The Morgan fingerprint density at radius 1 is 1.22 bits per heavy atom. The third kappa shape index (κ3) is 5.08. The predicted octanol–water partition coefficient (Wildman–Crippen LogP) is 4.14. The van der Waals surface area contributed by atoms with E-state index in [0.29, 0.717) is 15.1 Å². The van der Waals surface area contributed by atoms with Crippen molar-refractivity contribution in [1.29, 1.82) is 0 Å². The summed E-state index contributed by atoms with van der Waals surface area (Å²) in [6.45, 7) is 1.49. The van der Waals surface area contributed by atoms with Crippen LogP contribution in [0.15, 0.2) is 53.0 Å². The highest BCUT2D eigenvalue weighted by Gasteiger charge is 2.14. The molecule has 0 aliphatic carbocycles. The largest absolute Gasteiger partial charge is 0.452 e. The molecule has 0 saturated heterocycles. The summed E-state index contributed by atoms with van der Waals surface area (Å²) in [6, 6.07) is 13.9. The standard InChI is InChI=1S/C17H15BrClNO3/c1-11(12-5-4-6-13(19)9-12)20-16(21)10-23-17(22)14-7-2-3-8-15(14)18/h2-9,11H,10H2,1H3,(H,20,21)/t11-/m1/s1. The minimum Gasteiger partial charge on any atom is -0.452 e. The second-order valence-electron chi connectivity index (χ2n) is 4.90. The number of hydrogen-bond acceptors (Lipinski definition) is 3. The molecule has 0 radical (unpaired) electrons. The molecule has 0 unspecified atom stereocenters. The molecule has 23 heavy (non-hydrogen) atoms. The van der Waals surface area contributed by atoms with Gasteiger partial charge in [-0.2, -0.15) is 0 Å². The summed E-state index contributed by atoms with van der Waals surface area (Å²) in [7, 11) is 0. The molecule has 0 saturated carbocycles. The summed E-state index contributed by atoms with van der Waals surface area (Å²) in [5.41, 5.74) is 1.26. The topological polar surface area (TPSA) is 55.4 Å². The monoisotopic (exact) mass is 395 g/mol. The zero-order valence-electron chi connectivity index (χ0n) is 12.4. The normalized spacial score (nSPS) is 11.6. The van der Waals surface area contributed by atoms with E-state index in [4.69, 9.17) is 16.3 Å². The molecule has 0 fully saturated rings. The fourth-order valence-electron chi connectivity index (χ4n) is 1.98. The van der Waals surface area contributed by atoms with E-state index in [1.165, 1.54) is 0 Å². The van der Waals surface area contributed by atoms with Gasteiger partial charge in [0.2, 0.25) is 0 Å². The fourth-order valence-corrected chi connectivity index (χ4v) is 2.62. The van der Waals surface area contributed by atoms with Crippen molar-refractivity contribution < 1.29 is 14.3 Å². The van der Waals surface area contributed by atoms with Crippen LogP contribution in [0, 0.1) is 0 Å². The molecule has 1 N–H and O–H groups in total. The molecule has 2 aromatic rings. The van der Waals surface area contributed by atoms with Gasteiger partial charge in [0, 0.05) is 9.50 Å². The number of amides is 1. The summed E-state index contributed by atoms with van der Waals surface area (Å²) in [6.07, 6.45) is 0. The number of esters is 1. The number of carbonyl (C=O) groups excluding carboxylic acids is 2. The average Bonchev–Trinajstić information content (AvgIpc) is 2.53. The van der Waals surface area contributed by atoms with Crippen molar-refractivity contribution in [2.75, 3.05) is 6.61 Å². The maximum absolute atomic E-state index is 11.9. The van der Waals surface area contributed by atoms with Crippen LogP contribution in [0.5, 0.6) is 0 Å². The van der Waals surface area contributed by atoms with Gasteiger partial charge in [-0.3, -0.25) is 4.79 Å². The van der Waals surface area contributed by atoms with E-state index in [9.17, 15) is 9.59 Å². The molecular weight excluding hydrogens is 382 g/mol. The van der Waals surface area contributed by atoms with Crippen molar-refractivity contribution in [1.82, 2.24) is 5.32 Å². The predicted molar refractivity (Wildman–Crippen MR) is 92.4 cm³/mol. The molecule has 0 bridgehead atoms. The minimum absolute atomic E-state index is 0.233. The lowest BCUT2D eigenvalue weighted by Crippen LogP contribution is -2.31. The van der Waals surface area contributed by atoms with Gasteiger partial charge in [-0.15, -0.1) is 0 Å². The Labute approximate surface area is 147 Å². The lowest BCUT2D eigenvalue weighted by atomic mass is 10.1. The Hall–Kier alpha value is -1.85. The smallest absolute Gasteiger partial charge is 0.339 e. The lowest BCUT2D eigenvalue weighted by Gasteiger charge is -2.14. The van der Waals surface area contributed by atoms with Gasteiger partial charge in [-0.1, -0.05) is 35.9 Å². The highest BCUT2D eigenvalue weighted by atomic mass is 79.9. The van der Waals surface area contributed by atoms with Crippen LogP contribution in [0.2, 0.25) is 5.02 Å². The van der Waals surface area contributed by atoms with Crippen LogP contribution >= 0.6 is 27.5 Å². The van der Waals surface area contributed by atoms with Crippen molar-refractivity contribution in [2.24, 2.45) is 0 Å². The SMILES string of the molecule is C[C@@H](NC(=O)COC(=O)c1ccccc1Br)c1cccc(Cl)c1. The van der Waals surface area contributed by atoms with Crippen molar-refractivity contribution in [3.8, 4) is 0 Å². The third-order valence-electron chi connectivity index (χ3n) is 3.15. The van der Waals surface area contributed by atoms with Crippen LogP contribution in [0.4, 0.5) is 0 Å². The van der Waals surface area contributed by atoms with Crippen LogP contribution < -0.4 is 5.32 Å². The molecule has 0 spiro atoms. The van der Waals surface area contributed by atoms with Crippen molar-refractivity contribution in [2.45, 2.75) is 13.0 Å². The first-order valence-corrected chi connectivity index (χ1v) is 8.11. The van der Waals surface area contributed by atoms with Gasteiger partial charge in [0.1, 0.15) is 0 Å². The van der Waals surface area contributed by atoms with Gasteiger partial charge in [0.25, 0.3) is 5.91 Å². The molecular formula is C17H15BrClNO3. The summed E-state index contributed by atoms with van der Waals surface area (Å²) in [4.78, 5) is 23.8.